The lowest BCUT2D eigenvalue weighted by Crippen LogP contribution is -2.23. The van der Waals surface area contributed by atoms with Crippen molar-refractivity contribution >= 4 is 0 Å². The van der Waals surface area contributed by atoms with Crippen molar-refractivity contribution < 1.29 is 14.2 Å². The Balaban J connectivity index is 1.85. The van der Waals surface area contributed by atoms with Crippen LogP contribution in [0.4, 0.5) is 0 Å². The van der Waals surface area contributed by atoms with Crippen LogP contribution in [0.2, 0.25) is 0 Å². The number of hydrogen-bond acceptors (Lipinski definition) is 4. The van der Waals surface area contributed by atoms with E-state index in [1.54, 1.807) is 0 Å². The Kier molecular flexibility index (Phi) is 2.09. The van der Waals surface area contributed by atoms with Gasteiger partial charge in [-0.15, -0.1) is 0 Å². The molecule has 86 valence electrons. The summed E-state index contributed by atoms with van der Waals surface area (Å²) in [7, 11) is 0. The summed E-state index contributed by atoms with van der Waals surface area (Å²) < 4.78 is 16.5. The number of ether oxygens (including phenoxy) is 3. The molecule has 2 aliphatic rings. The molecule has 1 N–H and O–H groups in total. The molecule has 0 bridgehead atoms. The first kappa shape index (κ1) is 9.93. The quantitative estimate of drug-likeness (QED) is 0.785. The Bertz CT molecular complexity index is 417. The maximum absolute atomic E-state index is 5.89. The van der Waals surface area contributed by atoms with Crippen molar-refractivity contribution in [3.63, 3.8) is 0 Å². The molecular formula is C12H15NO3. The number of hydrogen-bond donors (Lipinski definition) is 1. The number of nitrogens with one attached hydrogen (secondary N) is 1. The molecule has 4 heteroatoms. The van der Waals surface area contributed by atoms with Crippen LogP contribution in [0.15, 0.2) is 18.2 Å². The lowest BCUT2D eigenvalue weighted by atomic mass is 10.1. The van der Waals surface area contributed by atoms with Gasteiger partial charge in [0.05, 0.1) is 5.60 Å². The molecule has 16 heavy (non-hydrogen) atoms. The molecule has 0 aromatic heterocycles. The molecule has 0 saturated carbocycles. The summed E-state index contributed by atoms with van der Waals surface area (Å²) >= 11 is 0. The van der Waals surface area contributed by atoms with Gasteiger partial charge in [0.15, 0.2) is 11.5 Å². The van der Waals surface area contributed by atoms with E-state index in [2.05, 4.69) is 19.2 Å². The van der Waals surface area contributed by atoms with Gasteiger partial charge < -0.3 is 14.2 Å². The molecule has 1 saturated heterocycles. The zero-order valence-electron chi connectivity index (χ0n) is 9.45. The number of fused-ring (bicyclic) bond motifs is 1. The lowest BCUT2D eigenvalue weighted by Gasteiger charge is -2.17. The van der Waals surface area contributed by atoms with Crippen molar-refractivity contribution in [1.29, 1.82) is 0 Å². The highest BCUT2D eigenvalue weighted by atomic mass is 16.7. The predicted molar refractivity (Wildman–Crippen MR) is 58.5 cm³/mol. The summed E-state index contributed by atoms with van der Waals surface area (Å²) in [6.45, 7) is 5.31. The van der Waals surface area contributed by atoms with Crippen molar-refractivity contribution in [3.05, 3.63) is 23.8 Å². The van der Waals surface area contributed by atoms with Gasteiger partial charge >= 0.3 is 0 Å². The van der Waals surface area contributed by atoms with Gasteiger partial charge in [-0.05, 0) is 31.5 Å². The van der Waals surface area contributed by atoms with Gasteiger partial charge in [0.25, 0.3) is 0 Å². The smallest absolute Gasteiger partial charge is 0.231 e. The van der Waals surface area contributed by atoms with E-state index < -0.39 is 0 Å². The molecule has 4 nitrogen and oxygen atoms in total. The van der Waals surface area contributed by atoms with Gasteiger partial charge in [0.1, 0.15) is 6.23 Å². The van der Waals surface area contributed by atoms with E-state index in [0.29, 0.717) is 6.79 Å². The van der Waals surface area contributed by atoms with Crippen molar-refractivity contribution in [1.82, 2.24) is 5.32 Å². The summed E-state index contributed by atoms with van der Waals surface area (Å²) in [6, 6.07) is 5.90. The molecule has 2 aliphatic heterocycles. The van der Waals surface area contributed by atoms with Crippen molar-refractivity contribution in [2.24, 2.45) is 0 Å². The first-order valence-electron chi connectivity index (χ1n) is 5.45. The first-order chi connectivity index (χ1) is 7.64. The molecule has 0 amide bonds. The molecule has 0 spiro atoms. The second-order valence-corrected chi connectivity index (χ2v) is 4.75. The summed E-state index contributed by atoms with van der Waals surface area (Å²) in [5, 5.41) is 3.34. The van der Waals surface area contributed by atoms with Crippen LogP contribution in [-0.4, -0.2) is 18.9 Å². The van der Waals surface area contributed by atoms with Gasteiger partial charge in [-0.2, -0.15) is 0 Å². The standard InChI is InChI=1S/C12H15NO3/c1-12(2)6-13-11(16-12)8-3-4-9-10(5-8)15-7-14-9/h3-5,11,13H,6-7H2,1-2H3. The number of rotatable bonds is 1. The predicted octanol–water partition coefficient (Wildman–Crippen LogP) is 1.81. The third-order valence-electron chi connectivity index (χ3n) is 2.85. The van der Waals surface area contributed by atoms with E-state index in [1.165, 1.54) is 0 Å². The number of benzene rings is 1. The van der Waals surface area contributed by atoms with Crippen LogP contribution in [0.1, 0.15) is 25.6 Å². The Morgan fingerprint density at radius 3 is 2.81 bits per heavy atom. The summed E-state index contributed by atoms with van der Waals surface area (Å²) in [4.78, 5) is 0. The van der Waals surface area contributed by atoms with E-state index >= 15 is 0 Å². The van der Waals surface area contributed by atoms with Crippen LogP contribution in [0, 0.1) is 0 Å². The molecule has 0 aliphatic carbocycles. The first-order valence-corrected chi connectivity index (χ1v) is 5.45. The molecular weight excluding hydrogens is 206 g/mol. The van der Waals surface area contributed by atoms with Gasteiger partial charge in [-0.3, -0.25) is 5.32 Å². The van der Waals surface area contributed by atoms with E-state index in [9.17, 15) is 0 Å². The lowest BCUT2D eigenvalue weighted by molar-refractivity contribution is -0.0156. The van der Waals surface area contributed by atoms with Gasteiger partial charge in [0.2, 0.25) is 6.79 Å². The Morgan fingerprint density at radius 1 is 1.25 bits per heavy atom. The third kappa shape index (κ3) is 1.64. The SMILES string of the molecule is CC1(C)CNC(c2ccc3c(c2)OCO3)O1. The molecule has 1 atom stereocenters. The van der Waals surface area contributed by atoms with Crippen LogP contribution in [0.3, 0.4) is 0 Å². The zero-order valence-corrected chi connectivity index (χ0v) is 9.45. The monoisotopic (exact) mass is 221 g/mol. The van der Waals surface area contributed by atoms with E-state index in [0.717, 1.165) is 23.6 Å². The average molecular weight is 221 g/mol. The van der Waals surface area contributed by atoms with Crippen molar-refractivity contribution in [2.75, 3.05) is 13.3 Å². The normalized spacial score (nSPS) is 26.0. The maximum Gasteiger partial charge on any atom is 0.231 e. The van der Waals surface area contributed by atoms with E-state index in [-0.39, 0.29) is 11.8 Å². The topological polar surface area (TPSA) is 39.7 Å². The van der Waals surface area contributed by atoms with Gasteiger partial charge in [-0.1, -0.05) is 6.07 Å². The molecule has 1 aromatic rings. The Morgan fingerprint density at radius 2 is 2.06 bits per heavy atom. The molecule has 2 heterocycles. The highest BCUT2D eigenvalue weighted by Crippen LogP contribution is 2.36. The minimum absolute atomic E-state index is 0.0514. The Labute approximate surface area is 94.5 Å². The summed E-state index contributed by atoms with van der Waals surface area (Å²) in [5.41, 5.74) is 0.968. The van der Waals surface area contributed by atoms with Crippen LogP contribution in [0.25, 0.3) is 0 Å². The fraction of sp³-hybridized carbons (Fsp3) is 0.500. The molecule has 1 aromatic carbocycles. The molecule has 3 rings (SSSR count). The van der Waals surface area contributed by atoms with Gasteiger partial charge in [0, 0.05) is 6.54 Å². The van der Waals surface area contributed by atoms with Crippen LogP contribution in [-0.2, 0) is 4.74 Å². The maximum atomic E-state index is 5.89. The summed E-state index contributed by atoms with van der Waals surface area (Å²) in [6.07, 6.45) is -0.0514. The highest BCUT2D eigenvalue weighted by molar-refractivity contribution is 5.45. The minimum Gasteiger partial charge on any atom is -0.454 e. The highest BCUT2D eigenvalue weighted by Gasteiger charge is 2.32. The third-order valence-corrected chi connectivity index (χ3v) is 2.85. The van der Waals surface area contributed by atoms with Gasteiger partial charge in [-0.25, -0.2) is 0 Å². The van der Waals surface area contributed by atoms with Crippen LogP contribution in [0.5, 0.6) is 11.5 Å². The molecule has 0 radical (unpaired) electrons. The molecule has 1 fully saturated rings. The largest absolute Gasteiger partial charge is 0.454 e. The van der Waals surface area contributed by atoms with Crippen LogP contribution >= 0.6 is 0 Å². The fourth-order valence-corrected chi connectivity index (χ4v) is 2.00. The van der Waals surface area contributed by atoms with Crippen molar-refractivity contribution in [2.45, 2.75) is 25.7 Å². The fourth-order valence-electron chi connectivity index (χ4n) is 2.00. The zero-order chi connectivity index (χ0) is 11.2. The second-order valence-electron chi connectivity index (χ2n) is 4.75. The van der Waals surface area contributed by atoms with Crippen LogP contribution < -0.4 is 14.8 Å². The minimum atomic E-state index is -0.110. The molecule has 1 unspecified atom stereocenters. The average Bonchev–Trinajstić information content (AvgIpc) is 2.82. The summed E-state index contributed by atoms with van der Waals surface area (Å²) in [5.74, 6) is 1.61. The van der Waals surface area contributed by atoms with Crippen molar-refractivity contribution in [3.8, 4) is 11.5 Å². The Hall–Kier alpha value is -1.26. The van der Waals surface area contributed by atoms with E-state index in [4.69, 9.17) is 14.2 Å². The van der Waals surface area contributed by atoms with E-state index in [1.807, 2.05) is 18.2 Å². The second kappa shape index (κ2) is 3.37.